The molecule has 4 nitrogen and oxygen atoms in total. The number of hydrogen-bond donors (Lipinski definition) is 2. The molecule has 0 radical (unpaired) electrons. The maximum atomic E-state index is 12.2. The average Bonchev–Trinajstić information content (AvgIpc) is 2.26. The second-order valence-electron chi connectivity index (χ2n) is 3.99. The molecule has 0 bridgehead atoms. The molecular weight excluding hydrogens is 247 g/mol. The lowest BCUT2D eigenvalue weighted by Gasteiger charge is -2.08. The van der Waals surface area contributed by atoms with E-state index in [-0.39, 0.29) is 24.1 Å². The number of anilines is 1. The largest absolute Gasteiger partial charge is 0.433 e. The van der Waals surface area contributed by atoms with Crippen LogP contribution >= 0.6 is 0 Å². The van der Waals surface area contributed by atoms with E-state index >= 15 is 0 Å². The standard InChI is InChI=1S/C11H14F3N3O/c1-7(15)2-5-10(18)17-8-3-4-9(16-6-8)11(12,13)14/h3-4,6-7H,2,5,15H2,1H3,(H,17,18). The van der Waals surface area contributed by atoms with E-state index in [2.05, 4.69) is 10.3 Å². The molecule has 0 saturated heterocycles. The molecule has 0 saturated carbocycles. The average molecular weight is 261 g/mol. The van der Waals surface area contributed by atoms with Crippen LogP contribution in [-0.4, -0.2) is 16.9 Å². The number of hydrogen-bond acceptors (Lipinski definition) is 3. The van der Waals surface area contributed by atoms with E-state index in [4.69, 9.17) is 5.73 Å². The highest BCUT2D eigenvalue weighted by Gasteiger charge is 2.32. The van der Waals surface area contributed by atoms with Gasteiger partial charge in [0.05, 0.1) is 11.9 Å². The van der Waals surface area contributed by atoms with Crippen LogP contribution in [0.2, 0.25) is 0 Å². The van der Waals surface area contributed by atoms with Crippen molar-refractivity contribution in [2.75, 3.05) is 5.32 Å². The summed E-state index contributed by atoms with van der Waals surface area (Å²) in [6.45, 7) is 1.77. The fourth-order valence-electron chi connectivity index (χ4n) is 1.22. The predicted molar refractivity (Wildman–Crippen MR) is 60.8 cm³/mol. The molecule has 0 fully saturated rings. The van der Waals surface area contributed by atoms with E-state index in [1.54, 1.807) is 6.92 Å². The number of nitrogens with one attached hydrogen (secondary N) is 1. The minimum absolute atomic E-state index is 0.0959. The van der Waals surface area contributed by atoms with Gasteiger partial charge in [-0.3, -0.25) is 4.79 Å². The summed E-state index contributed by atoms with van der Waals surface area (Å²) in [5.74, 6) is -0.297. The van der Waals surface area contributed by atoms with Gasteiger partial charge in [-0.15, -0.1) is 0 Å². The van der Waals surface area contributed by atoms with Crippen molar-refractivity contribution in [3.8, 4) is 0 Å². The van der Waals surface area contributed by atoms with Gasteiger partial charge in [0.1, 0.15) is 5.69 Å². The summed E-state index contributed by atoms with van der Waals surface area (Å²) in [5, 5.41) is 2.45. The highest BCUT2D eigenvalue weighted by molar-refractivity contribution is 5.90. The third-order valence-electron chi connectivity index (χ3n) is 2.16. The van der Waals surface area contributed by atoms with Crippen molar-refractivity contribution in [2.24, 2.45) is 5.73 Å². The molecule has 18 heavy (non-hydrogen) atoms. The van der Waals surface area contributed by atoms with Crippen LogP contribution in [0.5, 0.6) is 0 Å². The molecule has 3 N–H and O–H groups in total. The van der Waals surface area contributed by atoms with Crippen molar-refractivity contribution in [3.63, 3.8) is 0 Å². The van der Waals surface area contributed by atoms with Crippen molar-refractivity contribution in [2.45, 2.75) is 32.0 Å². The lowest BCUT2D eigenvalue weighted by Crippen LogP contribution is -2.19. The summed E-state index contributed by atoms with van der Waals surface area (Å²) in [6.07, 6.45) is -2.76. The van der Waals surface area contributed by atoms with Crippen LogP contribution < -0.4 is 11.1 Å². The molecule has 0 spiro atoms. The lowest BCUT2D eigenvalue weighted by atomic mass is 10.2. The van der Waals surface area contributed by atoms with Crippen LogP contribution in [0.1, 0.15) is 25.5 Å². The zero-order valence-electron chi connectivity index (χ0n) is 9.79. The monoisotopic (exact) mass is 261 g/mol. The van der Waals surface area contributed by atoms with Gasteiger partial charge < -0.3 is 11.1 Å². The second-order valence-corrected chi connectivity index (χ2v) is 3.99. The number of carbonyl (C=O) groups excluding carboxylic acids is 1. The highest BCUT2D eigenvalue weighted by atomic mass is 19.4. The number of nitrogens with zero attached hydrogens (tertiary/aromatic N) is 1. The molecule has 0 aliphatic carbocycles. The van der Waals surface area contributed by atoms with Crippen molar-refractivity contribution < 1.29 is 18.0 Å². The first-order valence-corrected chi connectivity index (χ1v) is 5.37. The summed E-state index contributed by atoms with van der Waals surface area (Å²) < 4.78 is 36.7. The van der Waals surface area contributed by atoms with E-state index in [0.29, 0.717) is 6.42 Å². The maximum absolute atomic E-state index is 12.2. The van der Waals surface area contributed by atoms with Crippen molar-refractivity contribution >= 4 is 11.6 Å². The topological polar surface area (TPSA) is 68.0 Å². The number of carbonyl (C=O) groups is 1. The molecule has 0 aliphatic rings. The van der Waals surface area contributed by atoms with Crippen LogP contribution in [-0.2, 0) is 11.0 Å². The van der Waals surface area contributed by atoms with Gasteiger partial charge >= 0.3 is 6.18 Å². The Bertz CT molecular complexity index is 401. The zero-order chi connectivity index (χ0) is 13.8. The summed E-state index contributed by atoms with van der Waals surface area (Å²) in [4.78, 5) is 14.6. The molecule has 1 aromatic rings. The van der Waals surface area contributed by atoms with E-state index in [1.807, 2.05) is 0 Å². The molecule has 1 rings (SSSR count). The number of nitrogens with two attached hydrogens (primary N) is 1. The van der Waals surface area contributed by atoms with Gasteiger partial charge in [-0.25, -0.2) is 4.98 Å². The van der Waals surface area contributed by atoms with Gasteiger partial charge in [0.15, 0.2) is 0 Å². The van der Waals surface area contributed by atoms with Gasteiger partial charge in [0.25, 0.3) is 0 Å². The first-order valence-electron chi connectivity index (χ1n) is 5.37. The first kappa shape index (κ1) is 14.4. The summed E-state index contributed by atoms with van der Waals surface area (Å²) >= 11 is 0. The molecule has 1 unspecified atom stereocenters. The number of pyridine rings is 1. The number of amides is 1. The van der Waals surface area contributed by atoms with Gasteiger partial charge in [-0.05, 0) is 25.5 Å². The minimum Gasteiger partial charge on any atom is -0.328 e. The van der Waals surface area contributed by atoms with E-state index < -0.39 is 11.9 Å². The Kier molecular flexibility index (Phi) is 4.66. The van der Waals surface area contributed by atoms with Crippen molar-refractivity contribution in [1.29, 1.82) is 0 Å². The number of rotatable bonds is 4. The van der Waals surface area contributed by atoms with Crippen LogP contribution in [0.15, 0.2) is 18.3 Å². The Morgan fingerprint density at radius 1 is 1.50 bits per heavy atom. The van der Waals surface area contributed by atoms with E-state index in [9.17, 15) is 18.0 Å². The Morgan fingerprint density at radius 2 is 2.17 bits per heavy atom. The molecule has 1 amide bonds. The molecular formula is C11H14F3N3O. The summed E-state index contributed by atoms with van der Waals surface area (Å²) in [7, 11) is 0. The van der Waals surface area contributed by atoms with E-state index in [0.717, 1.165) is 12.3 Å². The molecule has 0 aromatic carbocycles. The molecule has 1 heterocycles. The second kappa shape index (κ2) is 5.81. The smallest absolute Gasteiger partial charge is 0.328 e. The third-order valence-corrected chi connectivity index (χ3v) is 2.16. The van der Waals surface area contributed by atoms with Gasteiger partial charge in [-0.1, -0.05) is 0 Å². The van der Waals surface area contributed by atoms with Gasteiger partial charge in [0, 0.05) is 12.5 Å². The Hall–Kier alpha value is -1.63. The molecule has 1 aromatic heterocycles. The summed E-state index contributed by atoms with van der Waals surface area (Å²) in [6, 6.07) is 1.89. The molecule has 0 aliphatic heterocycles. The SMILES string of the molecule is CC(N)CCC(=O)Nc1ccc(C(F)(F)F)nc1. The van der Waals surface area contributed by atoms with Gasteiger partial charge in [0.2, 0.25) is 5.91 Å². The quantitative estimate of drug-likeness (QED) is 0.872. The zero-order valence-corrected chi connectivity index (χ0v) is 9.79. The van der Waals surface area contributed by atoms with Crippen LogP contribution in [0.3, 0.4) is 0 Å². The van der Waals surface area contributed by atoms with Crippen LogP contribution in [0.4, 0.5) is 18.9 Å². The van der Waals surface area contributed by atoms with Crippen molar-refractivity contribution in [3.05, 3.63) is 24.0 Å². The van der Waals surface area contributed by atoms with Gasteiger partial charge in [-0.2, -0.15) is 13.2 Å². The Labute approximate surface area is 102 Å². The third kappa shape index (κ3) is 4.70. The summed E-state index contributed by atoms with van der Waals surface area (Å²) in [5.41, 5.74) is 4.73. The van der Waals surface area contributed by atoms with E-state index in [1.165, 1.54) is 6.07 Å². The predicted octanol–water partition coefficient (Wildman–Crippen LogP) is 2.17. The van der Waals surface area contributed by atoms with Crippen LogP contribution in [0.25, 0.3) is 0 Å². The number of aromatic nitrogens is 1. The lowest BCUT2D eigenvalue weighted by molar-refractivity contribution is -0.141. The Morgan fingerprint density at radius 3 is 2.61 bits per heavy atom. The molecule has 7 heteroatoms. The number of alkyl halides is 3. The molecule has 1 atom stereocenters. The Balaban J connectivity index is 2.56. The highest BCUT2D eigenvalue weighted by Crippen LogP contribution is 2.27. The fourth-order valence-corrected chi connectivity index (χ4v) is 1.22. The normalized spacial score (nSPS) is 13.2. The fraction of sp³-hybridized carbons (Fsp3) is 0.455. The minimum atomic E-state index is -4.47. The maximum Gasteiger partial charge on any atom is 0.433 e. The van der Waals surface area contributed by atoms with Crippen molar-refractivity contribution in [1.82, 2.24) is 4.98 Å². The number of halogens is 3. The first-order chi connectivity index (χ1) is 8.29. The van der Waals surface area contributed by atoms with Crippen LogP contribution in [0, 0.1) is 0 Å². The molecule has 100 valence electrons.